The van der Waals surface area contributed by atoms with Crippen LogP contribution in [0.4, 0.5) is 11.4 Å². The summed E-state index contributed by atoms with van der Waals surface area (Å²) in [6, 6.07) is 14.9. The Hall–Kier alpha value is -2.14. The van der Waals surface area contributed by atoms with Crippen LogP contribution in [0, 0.1) is 0 Å². The molecule has 21 heavy (non-hydrogen) atoms. The van der Waals surface area contributed by atoms with Gasteiger partial charge in [-0.15, -0.1) is 11.8 Å². The van der Waals surface area contributed by atoms with Crippen LogP contribution in [0.2, 0.25) is 0 Å². The number of anilines is 2. The Morgan fingerprint density at radius 1 is 1.14 bits per heavy atom. The number of rotatable bonds is 6. The molecule has 0 radical (unpaired) electrons. The lowest BCUT2D eigenvalue weighted by molar-refractivity contribution is -0.115. The predicted molar refractivity (Wildman–Crippen MR) is 87.8 cm³/mol. The van der Waals surface area contributed by atoms with Crippen molar-refractivity contribution in [2.24, 2.45) is 0 Å². The number of nitrogen functional groups attached to an aromatic ring is 1. The number of ether oxygens (including phenoxy) is 1. The molecule has 2 aromatic carbocycles. The number of carbonyl (C=O) groups excluding carboxylic acids is 1. The Kier molecular flexibility index (Phi) is 5.51. The summed E-state index contributed by atoms with van der Waals surface area (Å²) in [4.78, 5) is 12.9. The molecule has 0 saturated carbocycles. The quantitative estimate of drug-likeness (QED) is 0.634. The molecule has 0 heterocycles. The zero-order valence-electron chi connectivity index (χ0n) is 11.8. The molecule has 0 aliphatic carbocycles. The smallest absolute Gasteiger partial charge is 0.225 e. The second kappa shape index (κ2) is 7.59. The average Bonchev–Trinajstić information content (AvgIpc) is 2.50. The van der Waals surface area contributed by atoms with Gasteiger partial charge in [0.05, 0.1) is 7.11 Å². The van der Waals surface area contributed by atoms with Gasteiger partial charge in [0.25, 0.3) is 0 Å². The van der Waals surface area contributed by atoms with Crippen molar-refractivity contribution in [3.8, 4) is 5.75 Å². The van der Waals surface area contributed by atoms with Gasteiger partial charge >= 0.3 is 0 Å². The van der Waals surface area contributed by atoms with E-state index in [2.05, 4.69) is 5.32 Å². The van der Waals surface area contributed by atoms with Crippen molar-refractivity contribution in [3.63, 3.8) is 0 Å². The number of nitrogens with one attached hydrogen (secondary N) is 1. The number of hydrogen-bond acceptors (Lipinski definition) is 4. The zero-order valence-corrected chi connectivity index (χ0v) is 12.7. The van der Waals surface area contributed by atoms with Crippen molar-refractivity contribution in [2.75, 3.05) is 23.9 Å². The molecule has 0 unspecified atom stereocenters. The Morgan fingerprint density at radius 3 is 2.43 bits per heavy atom. The van der Waals surface area contributed by atoms with Crippen LogP contribution in [0.3, 0.4) is 0 Å². The average molecular weight is 302 g/mol. The van der Waals surface area contributed by atoms with Gasteiger partial charge in [0, 0.05) is 28.4 Å². The minimum atomic E-state index is 0.00288. The van der Waals surface area contributed by atoms with Gasteiger partial charge in [0.15, 0.2) is 0 Å². The second-order valence-electron chi connectivity index (χ2n) is 4.44. The molecule has 0 bridgehead atoms. The lowest BCUT2D eigenvalue weighted by Gasteiger charge is -2.06. The Morgan fingerprint density at radius 2 is 1.81 bits per heavy atom. The molecule has 0 aromatic heterocycles. The standard InChI is InChI=1S/C16H18N2O2S/c1-20-14-6-4-13(5-7-14)18-16(19)10-11-21-15-8-2-12(17)3-9-15/h2-9H,10-11,17H2,1H3,(H,18,19). The number of thioether (sulfide) groups is 1. The van der Waals surface area contributed by atoms with Crippen molar-refractivity contribution < 1.29 is 9.53 Å². The highest BCUT2D eigenvalue weighted by Gasteiger charge is 2.03. The van der Waals surface area contributed by atoms with Crippen LogP contribution in [-0.4, -0.2) is 18.8 Å². The third-order valence-corrected chi connectivity index (χ3v) is 3.87. The van der Waals surface area contributed by atoms with E-state index < -0.39 is 0 Å². The molecule has 4 nitrogen and oxygen atoms in total. The van der Waals surface area contributed by atoms with E-state index in [0.717, 1.165) is 27.8 Å². The summed E-state index contributed by atoms with van der Waals surface area (Å²) in [5.74, 6) is 1.50. The lowest BCUT2D eigenvalue weighted by Crippen LogP contribution is -2.12. The fraction of sp³-hybridized carbons (Fsp3) is 0.188. The molecule has 0 aliphatic rings. The Bertz CT molecular complexity index is 582. The number of carbonyl (C=O) groups is 1. The van der Waals surface area contributed by atoms with Crippen LogP contribution in [0.5, 0.6) is 5.75 Å². The zero-order chi connectivity index (χ0) is 15.1. The topological polar surface area (TPSA) is 64.3 Å². The third kappa shape index (κ3) is 5.04. The maximum Gasteiger partial charge on any atom is 0.225 e. The highest BCUT2D eigenvalue weighted by molar-refractivity contribution is 7.99. The molecule has 2 aromatic rings. The summed E-state index contributed by atoms with van der Waals surface area (Å²) in [7, 11) is 1.61. The molecule has 1 amide bonds. The van der Waals surface area contributed by atoms with E-state index in [1.165, 1.54) is 0 Å². The Balaban J connectivity index is 1.75. The van der Waals surface area contributed by atoms with Crippen molar-refractivity contribution in [2.45, 2.75) is 11.3 Å². The number of nitrogens with two attached hydrogens (primary N) is 1. The molecule has 110 valence electrons. The molecular formula is C16H18N2O2S. The van der Waals surface area contributed by atoms with E-state index in [9.17, 15) is 4.79 Å². The minimum absolute atomic E-state index is 0.00288. The number of amides is 1. The minimum Gasteiger partial charge on any atom is -0.497 e. The SMILES string of the molecule is COc1ccc(NC(=O)CCSc2ccc(N)cc2)cc1. The van der Waals surface area contributed by atoms with E-state index in [-0.39, 0.29) is 5.91 Å². The predicted octanol–water partition coefficient (Wildman–Crippen LogP) is 3.40. The van der Waals surface area contributed by atoms with E-state index in [0.29, 0.717) is 6.42 Å². The normalized spacial score (nSPS) is 10.1. The summed E-state index contributed by atoms with van der Waals surface area (Å²) in [6.45, 7) is 0. The lowest BCUT2D eigenvalue weighted by atomic mass is 10.3. The molecule has 0 atom stereocenters. The van der Waals surface area contributed by atoms with Crippen LogP contribution in [0.25, 0.3) is 0 Å². The van der Waals surface area contributed by atoms with Gasteiger partial charge in [0.2, 0.25) is 5.91 Å². The number of methoxy groups -OCH3 is 1. The van der Waals surface area contributed by atoms with Gasteiger partial charge in [-0.2, -0.15) is 0 Å². The fourth-order valence-electron chi connectivity index (χ4n) is 1.72. The first-order valence-electron chi connectivity index (χ1n) is 6.59. The summed E-state index contributed by atoms with van der Waals surface area (Å²) in [5.41, 5.74) is 7.15. The molecule has 0 aliphatic heterocycles. The van der Waals surface area contributed by atoms with Crippen LogP contribution in [-0.2, 0) is 4.79 Å². The van der Waals surface area contributed by atoms with Crippen LogP contribution in [0.1, 0.15) is 6.42 Å². The van der Waals surface area contributed by atoms with Crippen molar-refractivity contribution >= 4 is 29.0 Å². The van der Waals surface area contributed by atoms with E-state index in [4.69, 9.17) is 10.5 Å². The molecule has 0 saturated heterocycles. The number of hydrogen-bond donors (Lipinski definition) is 2. The summed E-state index contributed by atoms with van der Waals surface area (Å²) < 4.78 is 5.07. The largest absolute Gasteiger partial charge is 0.497 e. The van der Waals surface area contributed by atoms with E-state index in [1.807, 2.05) is 48.5 Å². The third-order valence-electron chi connectivity index (χ3n) is 2.85. The van der Waals surface area contributed by atoms with Crippen molar-refractivity contribution in [1.29, 1.82) is 0 Å². The maximum absolute atomic E-state index is 11.8. The van der Waals surface area contributed by atoms with Gasteiger partial charge in [-0.05, 0) is 48.5 Å². The molecule has 0 spiro atoms. The van der Waals surface area contributed by atoms with E-state index >= 15 is 0 Å². The first-order valence-corrected chi connectivity index (χ1v) is 7.58. The first kappa shape index (κ1) is 15.3. The summed E-state index contributed by atoms with van der Waals surface area (Å²) in [5, 5.41) is 2.86. The fourth-order valence-corrected chi connectivity index (χ4v) is 2.58. The highest BCUT2D eigenvalue weighted by atomic mass is 32.2. The summed E-state index contributed by atoms with van der Waals surface area (Å²) >= 11 is 1.64. The molecule has 2 rings (SSSR count). The molecule has 3 N–H and O–H groups in total. The van der Waals surface area contributed by atoms with Gasteiger partial charge in [-0.3, -0.25) is 4.79 Å². The molecule has 5 heteroatoms. The first-order chi connectivity index (χ1) is 10.2. The van der Waals surface area contributed by atoms with E-state index in [1.54, 1.807) is 18.9 Å². The van der Waals surface area contributed by atoms with Crippen molar-refractivity contribution in [3.05, 3.63) is 48.5 Å². The molecular weight excluding hydrogens is 284 g/mol. The Labute approximate surface area is 128 Å². The number of benzene rings is 2. The van der Waals surface area contributed by atoms with Gasteiger partial charge < -0.3 is 15.8 Å². The van der Waals surface area contributed by atoms with Crippen LogP contribution < -0.4 is 15.8 Å². The van der Waals surface area contributed by atoms with Gasteiger partial charge in [-0.1, -0.05) is 0 Å². The van der Waals surface area contributed by atoms with Crippen LogP contribution in [0.15, 0.2) is 53.4 Å². The van der Waals surface area contributed by atoms with Gasteiger partial charge in [0.1, 0.15) is 5.75 Å². The maximum atomic E-state index is 11.8. The highest BCUT2D eigenvalue weighted by Crippen LogP contribution is 2.20. The molecule has 0 fully saturated rings. The monoisotopic (exact) mass is 302 g/mol. The second-order valence-corrected chi connectivity index (χ2v) is 5.61. The van der Waals surface area contributed by atoms with Crippen LogP contribution >= 0.6 is 11.8 Å². The van der Waals surface area contributed by atoms with Crippen molar-refractivity contribution in [1.82, 2.24) is 0 Å². The van der Waals surface area contributed by atoms with Gasteiger partial charge in [-0.25, -0.2) is 0 Å². The summed E-state index contributed by atoms with van der Waals surface area (Å²) in [6.07, 6.45) is 0.459.